The number of nitrogens with zero attached hydrogens (tertiary/aromatic N) is 2. The van der Waals surface area contributed by atoms with Crippen LogP contribution in [0, 0.1) is 12.3 Å². The molecule has 1 aromatic rings. The molecule has 4 nitrogen and oxygen atoms in total. The van der Waals surface area contributed by atoms with Crippen molar-refractivity contribution in [3.8, 4) is 12.3 Å². The van der Waals surface area contributed by atoms with Gasteiger partial charge in [-0.1, -0.05) is 36.3 Å². The molecule has 1 heterocycles. The van der Waals surface area contributed by atoms with Crippen LogP contribution in [0.2, 0.25) is 0 Å². The number of benzene rings is 1. The van der Waals surface area contributed by atoms with Crippen LogP contribution in [0.3, 0.4) is 0 Å². The van der Waals surface area contributed by atoms with Crippen molar-refractivity contribution in [3.63, 3.8) is 0 Å². The Morgan fingerprint density at radius 3 is 2.33 bits per heavy atom. The van der Waals surface area contributed by atoms with Crippen LogP contribution in [0.4, 0.5) is 0 Å². The van der Waals surface area contributed by atoms with E-state index in [1.54, 1.807) is 4.90 Å². The third-order valence-corrected chi connectivity index (χ3v) is 2.90. The Kier molecular flexibility index (Phi) is 3.63. The van der Waals surface area contributed by atoms with E-state index in [-0.39, 0.29) is 6.54 Å². The number of carbonyl (C=O) groups excluding carboxylic acids is 2. The van der Waals surface area contributed by atoms with E-state index in [1.165, 1.54) is 4.90 Å². The van der Waals surface area contributed by atoms with Crippen molar-refractivity contribution in [1.29, 1.82) is 0 Å². The van der Waals surface area contributed by atoms with E-state index in [9.17, 15) is 9.59 Å². The van der Waals surface area contributed by atoms with Gasteiger partial charge in [0.15, 0.2) is 0 Å². The molecule has 4 heteroatoms. The molecule has 1 aromatic carbocycles. The molecule has 0 aliphatic carbocycles. The topological polar surface area (TPSA) is 40.6 Å². The molecule has 0 aromatic heterocycles. The first kappa shape index (κ1) is 12.2. The van der Waals surface area contributed by atoms with Gasteiger partial charge in [0.2, 0.25) is 0 Å². The van der Waals surface area contributed by atoms with Crippen molar-refractivity contribution in [2.45, 2.75) is 6.54 Å². The van der Waals surface area contributed by atoms with Crippen molar-refractivity contribution in [3.05, 3.63) is 35.9 Å². The lowest BCUT2D eigenvalue weighted by atomic mass is 10.2. The quantitative estimate of drug-likeness (QED) is 0.572. The SMILES string of the molecule is C#CCN1CCN(Cc2ccccc2)C(=O)C1=O. The molecule has 2 rings (SSSR count). The van der Waals surface area contributed by atoms with Crippen LogP contribution in [0.15, 0.2) is 30.3 Å². The highest BCUT2D eigenvalue weighted by Gasteiger charge is 2.31. The van der Waals surface area contributed by atoms with E-state index < -0.39 is 11.8 Å². The third kappa shape index (κ3) is 2.51. The highest BCUT2D eigenvalue weighted by molar-refractivity contribution is 6.35. The summed E-state index contributed by atoms with van der Waals surface area (Å²) in [5, 5.41) is 0. The normalized spacial score (nSPS) is 15.7. The lowest BCUT2D eigenvalue weighted by Gasteiger charge is -2.32. The first-order valence-electron chi connectivity index (χ1n) is 5.78. The van der Waals surface area contributed by atoms with Gasteiger partial charge in [-0.05, 0) is 5.56 Å². The molecule has 0 radical (unpaired) electrons. The van der Waals surface area contributed by atoms with Crippen LogP contribution < -0.4 is 0 Å². The Labute approximate surface area is 106 Å². The summed E-state index contributed by atoms with van der Waals surface area (Å²) in [4.78, 5) is 26.6. The molecule has 1 fully saturated rings. The molecule has 1 aliphatic heterocycles. The maximum absolute atomic E-state index is 11.9. The van der Waals surface area contributed by atoms with Crippen LogP contribution >= 0.6 is 0 Å². The molecule has 1 aliphatic rings. The Morgan fingerprint density at radius 1 is 1.06 bits per heavy atom. The Bertz CT molecular complexity index is 490. The molecule has 0 atom stereocenters. The first-order valence-corrected chi connectivity index (χ1v) is 5.78. The summed E-state index contributed by atoms with van der Waals surface area (Å²) in [5.74, 6) is 1.41. The van der Waals surface area contributed by atoms with Gasteiger partial charge in [0.25, 0.3) is 0 Å². The molecule has 0 N–H and O–H groups in total. The standard InChI is InChI=1S/C14H14N2O2/c1-2-8-15-9-10-16(14(18)13(15)17)11-12-6-4-3-5-7-12/h1,3-7H,8-11H2. The average molecular weight is 242 g/mol. The zero-order chi connectivity index (χ0) is 13.0. The molecule has 92 valence electrons. The minimum Gasteiger partial charge on any atom is -0.328 e. The smallest absolute Gasteiger partial charge is 0.312 e. The molecule has 2 amide bonds. The Hall–Kier alpha value is -2.28. The fourth-order valence-electron chi connectivity index (χ4n) is 1.93. The van der Waals surface area contributed by atoms with Gasteiger partial charge in [0.1, 0.15) is 0 Å². The molecule has 0 bridgehead atoms. The molecular formula is C14H14N2O2. The Morgan fingerprint density at radius 2 is 1.67 bits per heavy atom. The maximum atomic E-state index is 11.9. The second-order valence-corrected chi connectivity index (χ2v) is 4.14. The number of amides is 2. The predicted molar refractivity (Wildman–Crippen MR) is 67.3 cm³/mol. The molecular weight excluding hydrogens is 228 g/mol. The second-order valence-electron chi connectivity index (χ2n) is 4.14. The van der Waals surface area contributed by atoms with E-state index in [0.29, 0.717) is 19.6 Å². The van der Waals surface area contributed by atoms with Crippen LogP contribution in [-0.4, -0.2) is 41.2 Å². The number of piperazine rings is 1. The van der Waals surface area contributed by atoms with Gasteiger partial charge in [-0.25, -0.2) is 0 Å². The highest BCUT2D eigenvalue weighted by Crippen LogP contribution is 2.10. The summed E-state index contributed by atoms with van der Waals surface area (Å²) in [6, 6.07) is 9.62. The number of hydrogen-bond donors (Lipinski definition) is 0. The minimum absolute atomic E-state index is 0.198. The van der Waals surface area contributed by atoms with Gasteiger partial charge in [-0.15, -0.1) is 6.42 Å². The van der Waals surface area contributed by atoms with E-state index >= 15 is 0 Å². The maximum Gasteiger partial charge on any atom is 0.312 e. The highest BCUT2D eigenvalue weighted by atomic mass is 16.2. The number of carbonyl (C=O) groups is 2. The molecule has 18 heavy (non-hydrogen) atoms. The van der Waals surface area contributed by atoms with E-state index in [0.717, 1.165) is 5.56 Å². The Balaban J connectivity index is 2.03. The summed E-state index contributed by atoms with van der Waals surface area (Å²) in [5.41, 5.74) is 1.02. The van der Waals surface area contributed by atoms with Crippen molar-refractivity contribution in [1.82, 2.24) is 9.80 Å². The van der Waals surface area contributed by atoms with E-state index in [4.69, 9.17) is 6.42 Å². The van der Waals surface area contributed by atoms with Crippen molar-refractivity contribution >= 4 is 11.8 Å². The minimum atomic E-state index is -0.505. The van der Waals surface area contributed by atoms with Gasteiger partial charge in [0, 0.05) is 19.6 Å². The fraction of sp³-hybridized carbons (Fsp3) is 0.286. The lowest BCUT2D eigenvalue weighted by molar-refractivity contribution is -0.155. The second kappa shape index (κ2) is 5.37. The fourth-order valence-corrected chi connectivity index (χ4v) is 1.93. The van der Waals surface area contributed by atoms with Crippen LogP contribution in [0.25, 0.3) is 0 Å². The predicted octanol–water partition coefficient (Wildman–Crippen LogP) is 0.491. The van der Waals surface area contributed by atoms with Gasteiger partial charge < -0.3 is 9.80 Å². The van der Waals surface area contributed by atoms with Crippen LogP contribution in [0.1, 0.15) is 5.56 Å². The summed E-state index contributed by atoms with van der Waals surface area (Å²) in [7, 11) is 0. The van der Waals surface area contributed by atoms with Crippen molar-refractivity contribution in [2.75, 3.05) is 19.6 Å². The van der Waals surface area contributed by atoms with Crippen molar-refractivity contribution in [2.24, 2.45) is 0 Å². The van der Waals surface area contributed by atoms with Gasteiger partial charge in [-0.2, -0.15) is 0 Å². The van der Waals surface area contributed by atoms with Gasteiger partial charge in [0.05, 0.1) is 6.54 Å². The summed E-state index contributed by atoms with van der Waals surface area (Å²) >= 11 is 0. The van der Waals surface area contributed by atoms with Crippen LogP contribution in [0.5, 0.6) is 0 Å². The number of terminal acetylenes is 1. The zero-order valence-corrected chi connectivity index (χ0v) is 10.0. The van der Waals surface area contributed by atoms with Gasteiger partial charge >= 0.3 is 11.8 Å². The molecule has 0 spiro atoms. The first-order chi connectivity index (χ1) is 8.72. The summed E-state index contributed by atoms with van der Waals surface area (Å²) < 4.78 is 0. The van der Waals surface area contributed by atoms with E-state index in [2.05, 4.69) is 5.92 Å². The van der Waals surface area contributed by atoms with Crippen LogP contribution in [-0.2, 0) is 16.1 Å². The third-order valence-electron chi connectivity index (χ3n) is 2.90. The molecule has 1 saturated heterocycles. The number of hydrogen-bond acceptors (Lipinski definition) is 2. The average Bonchev–Trinajstić information content (AvgIpc) is 2.40. The zero-order valence-electron chi connectivity index (χ0n) is 10.0. The van der Waals surface area contributed by atoms with Gasteiger partial charge in [-0.3, -0.25) is 9.59 Å². The summed E-state index contributed by atoms with van der Waals surface area (Å²) in [6.45, 7) is 1.70. The lowest BCUT2D eigenvalue weighted by Crippen LogP contribution is -2.53. The van der Waals surface area contributed by atoms with Crippen molar-refractivity contribution < 1.29 is 9.59 Å². The largest absolute Gasteiger partial charge is 0.328 e. The number of rotatable bonds is 3. The monoisotopic (exact) mass is 242 g/mol. The molecule has 0 unspecified atom stereocenters. The summed E-state index contributed by atoms with van der Waals surface area (Å²) in [6.07, 6.45) is 5.16. The molecule has 0 saturated carbocycles. The van der Waals surface area contributed by atoms with E-state index in [1.807, 2.05) is 30.3 Å².